The Morgan fingerprint density at radius 3 is 2.65 bits per heavy atom. The van der Waals surface area contributed by atoms with Gasteiger partial charge in [-0.05, 0) is 6.07 Å². The van der Waals surface area contributed by atoms with Gasteiger partial charge in [0.25, 0.3) is 5.56 Å². The van der Waals surface area contributed by atoms with Crippen molar-refractivity contribution in [3.8, 4) is 0 Å². The van der Waals surface area contributed by atoms with Gasteiger partial charge >= 0.3 is 6.18 Å². The summed E-state index contributed by atoms with van der Waals surface area (Å²) < 4.78 is 38.0. The quantitative estimate of drug-likeness (QED) is 0.721. The molecule has 1 fully saturated rings. The van der Waals surface area contributed by atoms with Crippen LogP contribution in [0.1, 0.15) is 11.7 Å². The lowest BCUT2D eigenvalue weighted by atomic mass is 10.2. The van der Waals surface area contributed by atoms with Crippen molar-refractivity contribution in [3.05, 3.63) is 28.2 Å². The lowest BCUT2D eigenvalue weighted by Gasteiger charge is -2.16. The van der Waals surface area contributed by atoms with Crippen LogP contribution in [-0.4, -0.2) is 34.1 Å². The molecule has 5 nitrogen and oxygen atoms in total. The van der Waals surface area contributed by atoms with Gasteiger partial charge in [-0.3, -0.25) is 4.79 Å². The van der Waals surface area contributed by atoms with Crippen LogP contribution in [0.15, 0.2) is 16.9 Å². The average Bonchev–Trinajstić information content (AvgIpc) is 2.63. The molecule has 1 aliphatic heterocycles. The predicted octanol–water partition coefficient (Wildman–Crippen LogP) is -0.233. The van der Waals surface area contributed by atoms with E-state index in [1.807, 2.05) is 0 Å². The maximum absolute atomic E-state index is 12.4. The van der Waals surface area contributed by atoms with Crippen molar-refractivity contribution in [2.75, 3.05) is 13.1 Å². The molecule has 17 heavy (non-hydrogen) atoms. The van der Waals surface area contributed by atoms with Gasteiger partial charge in [0.2, 0.25) is 0 Å². The molecular formula is C9H10F3N3O2. The summed E-state index contributed by atoms with van der Waals surface area (Å²) >= 11 is 0. The fraction of sp³-hybridized carbons (Fsp3) is 0.556. The molecule has 1 aromatic heterocycles. The van der Waals surface area contributed by atoms with Crippen LogP contribution in [0, 0.1) is 0 Å². The van der Waals surface area contributed by atoms with Gasteiger partial charge in [0.05, 0.1) is 12.1 Å². The molecule has 8 heteroatoms. The molecule has 94 valence electrons. The molecule has 1 aromatic rings. The van der Waals surface area contributed by atoms with Gasteiger partial charge in [-0.25, -0.2) is 4.68 Å². The minimum absolute atomic E-state index is 0.218. The highest BCUT2D eigenvalue weighted by atomic mass is 19.4. The summed E-state index contributed by atoms with van der Waals surface area (Å²) in [6.07, 6.45) is -5.52. The van der Waals surface area contributed by atoms with Gasteiger partial charge in [-0.2, -0.15) is 18.3 Å². The second-order valence-electron chi connectivity index (χ2n) is 3.79. The molecule has 0 bridgehead atoms. The Morgan fingerprint density at radius 1 is 1.41 bits per heavy atom. The van der Waals surface area contributed by atoms with Crippen molar-refractivity contribution in [1.82, 2.24) is 15.1 Å². The van der Waals surface area contributed by atoms with Crippen LogP contribution in [-0.2, 0) is 6.18 Å². The first kappa shape index (κ1) is 12.1. The normalized spacial score (nSPS) is 25.2. The van der Waals surface area contributed by atoms with Crippen LogP contribution in [0.3, 0.4) is 0 Å². The number of aliphatic hydroxyl groups excluding tert-OH is 1. The van der Waals surface area contributed by atoms with E-state index in [-0.39, 0.29) is 13.1 Å². The summed E-state index contributed by atoms with van der Waals surface area (Å²) in [5.41, 5.74) is -1.80. The molecule has 0 amide bonds. The van der Waals surface area contributed by atoms with Crippen molar-refractivity contribution in [3.63, 3.8) is 0 Å². The maximum atomic E-state index is 12.4. The first-order chi connectivity index (χ1) is 7.89. The average molecular weight is 249 g/mol. The van der Waals surface area contributed by atoms with Crippen molar-refractivity contribution in [2.24, 2.45) is 0 Å². The second kappa shape index (κ2) is 4.11. The first-order valence-corrected chi connectivity index (χ1v) is 4.95. The Morgan fingerprint density at radius 2 is 2.12 bits per heavy atom. The number of rotatable bonds is 1. The van der Waals surface area contributed by atoms with E-state index >= 15 is 0 Å². The summed E-state index contributed by atoms with van der Waals surface area (Å²) in [5, 5.41) is 15.5. The third kappa shape index (κ3) is 2.32. The van der Waals surface area contributed by atoms with E-state index in [1.54, 1.807) is 0 Å². The third-order valence-electron chi connectivity index (χ3n) is 2.58. The summed E-state index contributed by atoms with van der Waals surface area (Å²) in [4.78, 5) is 11.4. The summed E-state index contributed by atoms with van der Waals surface area (Å²) in [6, 6.07) is 0.680. The van der Waals surface area contributed by atoms with Crippen molar-refractivity contribution in [1.29, 1.82) is 0 Å². The SMILES string of the molecule is O=c1ccc(C(F)(F)F)nn1C1CNCC1O. The fourth-order valence-corrected chi connectivity index (χ4v) is 1.71. The van der Waals surface area contributed by atoms with E-state index in [1.165, 1.54) is 0 Å². The number of hydrogen-bond acceptors (Lipinski definition) is 4. The molecule has 0 spiro atoms. The van der Waals surface area contributed by atoms with E-state index < -0.39 is 29.6 Å². The van der Waals surface area contributed by atoms with Gasteiger partial charge in [0, 0.05) is 19.2 Å². The van der Waals surface area contributed by atoms with Crippen LogP contribution in [0.25, 0.3) is 0 Å². The Labute approximate surface area is 93.9 Å². The zero-order chi connectivity index (χ0) is 12.6. The van der Waals surface area contributed by atoms with Gasteiger partial charge in [0.1, 0.15) is 0 Å². The Bertz CT molecular complexity index is 471. The number of aromatic nitrogens is 2. The van der Waals surface area contributed by atoms with Crippen molar-refractivity contribution < 1.29 is 18.3 Å². The lowest BCUT2D eigenvalue weighted by molar-refractivity contribution is -0.142. The maximum Gasteiger partial charge on any atom is 0.435 e. The molecule has 2 rings (SSSR count). The molecule has 0 aliphatic carbocycles. The molecule has 0 saturated carbocycles. The highest BCUT2D eigenvalue weighted by Gasteiger charge is 2.35. The van der Waals surface area contributed by atoms with Gasteiger partial charge in [-0.1, -0.05) is 0 Å². The van der Waals surface area contributed by atoms with Crippen LogP contribution in [0.4, 0.5) is 13.2 Å². The Balaban J connectivity index is 2.43. The summed E-state index contributed by atoms with van der Waals surface area (Å²) in [7, 11) is 0. The van der Waals surface area contributed by atoms with Crippen LogP contribution >= 0.6 is 0 Å². The van der Waals surface area contributed by atoms with Crippen LogP contribution in [0.5, 0.6) is 0 Å². The van der Waals surface area contributed by atoms with Crippen LogP contribution < -0.4 is 10.9 Å². The number of hydrogen-bond donors (Lipinski definition) is 2. The highest BCUT2D eigenvalue weighted by molar-refractivity contribution is 5.05. The van der Waals surface area contributed by atoms with E-state index in [0.29, 0.717) is 10.7 Å². The minimum atomic E-state index is -4.60. The minimum Gasteiger partial charge on any atom is -0.390 e. The Kier molecular flexibility index (Phi) is 2.92. The molecule has 1 aliphatic rings. The molecular weight excluding hydrogens is 239 g/mol. The molecule has 1 saturated heterocycles. The fourth-order valence-electron chi connectivity index (χ4n) is 1.71. The van der Waals surface area contributed by atoms with Crippen molar-refractivity contribution >= 4 is 0 Å². The molecule has 2 heterocycles. The van der Waals surface area contributed by atoms with E-state index in [2.05, 4.69) is 10.4 Å². The van der Waals surface area contributed by atoms with Crippen molar-refractivity contribution in [2.45, 2.75) is 18.3 Å². The standard InChI is InChI=1S/C9H10F3N3O2/c10-9(11,12)7-1-2-8(17)15(14-7)5-3-13-4-6(5)16/h1-2,5-6,13,16H,3-4H2. The predicted molar refractivity (Wildman–Crippen MR) is 51.4 cm³/mol. The zero-order valence-corrected chi connectivity index (χ0v) is 8.61. The number of nitrogens with one attached hydrogen (secondary N) is 1. The number of aliphatic hydroxyl groups is 1. The number of alkyl halides is 3. The third-order valence-corrected chi connectivity index (χ3v) is 2.58. The summed E-state index contributed by atoms with van der Waals surface area (Å²) in [6.45, 7) is 0.449. The zero-order valence-electron chi connectivity index (χ0n) is 8.61. The topological polar surface area (TPSA) is 67.2 Å². The monoisotopic (exact) mass is 249 g/mol. The lowest BCUT2D eigenvalue weighted by Crippen LogP contribution is -2.34. The number of halogens is 3. The number of β-amino-alcohol motifs (C(OH)–C–C–N with tert-alkyl or cyclic N) is 1. The van der Waals surface area contributed by atoms with Gasteiger partial charge in [0.15, 0.2) is 5.69 Å². The largest absolute Gasteiger partial charge is 0.435 e. The van der Waals surface area contributed by atoms with E-state index in [0.717, 1.165) is 6.07 Å². The molecule has 2 unspecified atom stereocenters. The first-order valence-electron chi connectivity index (χ1n) is 4.95. The second-order valence-corrected chi connectivity index (χ2v) is 3.79. The Hall–Kier alpha value is -1.41. The van der Waals surface area contributed by atoms with Gasteiger partial charge in [-0.15, -0.1) is 0 Å². The van der Waals surface area contributed by atoms with E-state index in [9.17, 15) is 23.1 Å². The molecule has 0 aromatic carbocycles. The molecule has 0 radical (unpaired) electrons. The number of nitrogens with zero attached hydrogens (tertiary/aromatic N) is 2. The van der Waals surface area contributed by atoms with Gasteiger partial charge < -0.3 is 10.4 Å². The molecule has 2 N–H and O–H groups in total. The smallest absolute Gasteiger partial charge is 0.390 e. The highest BCUT2D eigenvalue weighted by Crippen LogP contribution is 2.27. The van der Waals surface area contributed by atoms with E-state index in [4.69, 9.17) is 0 Å². The molecule has 2 atom stereocenters. The summed E-state index contributed by atoms with van der Waals surface area (Å²) in [5.74, 6) is 0. The van der Waals surface area contributed by atoms with Crippen LogP contribution in [0.2, 0.25) is 0 Å².